The van der Waals surface area contributed by atoms with Crippen molar-refractivity contribution in [2.24, 2.45) is 0 Å². The Labute approximate surface area is 121 Å². The first kappa shape index (κ1) is 15.9. The largest absolute Gasteiger partial charge is 0.444 e. The predicted octanol–water partition coefficient (Wildman–Crippen LogP) is 3.79. The van der Waals surface area contributed by atoms with Crippen molar-refractivity contribution in [2.75, 3.05) is 0 Å². The molecule has 0 unspecified atom stereocenters. The zero-order chi connectivity index (χ0) is 14.8. The first-order valence-corrected chi connectivity index (χ1v) is 6.27. The number of rotatable bonds is 3. The van der Waals surface area contributed by atoms with E-state index in [0.29, 0.717) is 0 Å². The molecular weight excluding hydrogens is 374 g/mol. The van der Waals surface area contributed by atoms with E-state index in [1.807, 2.05) is 22.6 Å². The molecule has 7 heteroatoms. The third kappa shape index (κ3) is 4.81. The number of esters is 1. The van der Waals surface area contributed by atoms with E-state index in [-0.39, 0.29) is 5.56 Å². The standard InChI is InChI=1S/C12H11F3INO2/c1-11(2,16)19-10(18)9(17)7-3-5-8(6-4-7)12(13,14)15/h3-6,17H,1-2H3. The minimum absolute atomic E-state index is 0.0821. The minimum atomic E-state index is -4.44. The smallest absolute Gasteiger partial charge is 0.416 e. The van der Waals surface area contributed by atoms with Gasteiger partial charge in [0.15, 0.2) is 3.61 Å². The summed E-state index contributed by atoms with van der Waals surface area (Å²) in [6, 6.07) is 3.80. The minimum Gasteiger partial charge on any atom is -0.444 e. The molecule has 0 spiro atoms. The van der Waals surface area contributed by atoms with E-state index in [2.05, 4.69) is 0 Å². The van der Waals surface area contributed by atoms with Crippen LogP contribution >= 0.6 is 22.6 Å². The van der Waals surface area contributed by atoms with E-state index in [4.69, 9.17) is 10.1 Å². The zero-order valence-corrected chi connectivity index (χ0v) is 12.3. The maximum absolute atomic E-state index is 12.4. The molecule has 0 aliphatic carbocycles. The zero-order valence-electron chi connectivity index (χ0n) is 10.1. The lowest BCUT2D eigenvalue weighted by Crippen LogP contribution is -2.26. The Hall–Kier alpha value is -1.12. The molecule has 1 aromatic carbocycles. The quantitative estimate of drug-likeness (QED) is 0.373. The highest BCUT2D eigenvalue weighted by Crippen LogP contribution is 2.29. The van der Waals surface area contributed by atoms with Crippen LogP contribution in [-0.2, 0) is 15.7 Å². The van der Waals surface area contributed by atoms with Gasteiger partial charge in [0.2, 0.25) is 0 Å². The second-order valence-corrected chi connectivity index (χ2v) is 6.80. The van der Waals surface area contributed by atoms with Gasteiger partial charge in [-0.25, -0.2) is 4.79 Å². The number of hydrogen-bond acceptors (Lipinski definition) is 3. The Bertz CT molecular complexity index is 489. The molecule has 1 aromatic rings. The average molecular weight is 385 g/mol. The number of alkyl halides is 4. The predicted molar refractivity (Wildman–Crippen MR) is 72.5 cm³/mol. The van der Waals surface area contributed by atoms with Crippen LogP contribution in [-0.4, -0.2) is 15.3 Å². The van der Waals surface area contributed by atoms with Crippen LogP contribution in [0.4, 0.5) is 13.2 Å². The normalized spacial score (nSPS) is 12.1. The Balaban J connectivity index is 2.87. The first-order chi connectivity index (χ1) is 8.50. The van der Waals surface area contributed by atoms with Gasteiger partial charge in [0.25, 0.3) is 0 Å². The molecule has 0 fully saturated rings. The van der Waals surface area contributed by atoms with Crippen molar-refractivity contribution in [3.8, 4) is 0 Å². The fraction of sp³-hybridized carbons (Fsp3) is 0.333. The lowest BCUT2D eigenvalue weighted by atomic mass is 10.1. The molecule has 19 heavy (non-hydrogen) atoms. The molecule has 3 nitrogen and oxygen atoms in total. The number of nitrogens with one attached hydrogen (secondary N) is 1. The van der Waals surface area contributed by atoms with Crippen molar-refractivity contribution in [1.29, 1.82) is 5.41 Å². The molecule has 1 rings (SSSR count). The Kier molecular flexibility index (Phi) is 4.59. The molecular formula is C12H11F3INO2. The molecule has 0 atom stereocenters. The summed E-state index contributed by atoms with van der Waals surface area (Å²) < 4.78 is 41.2. The summed E-state index contributed by atoms with van der Waals surface area (Å²) in [5.41, 5.74) is -1.22. The summed E-state index contributed by atoms with van der Waals surface area (Å²) in [6.45, 7) is 3.26. The average Bonchev–Trinajstić information content (AvgIpc) is 2.24. The molecule has 0 radical (unpaired) electrons. The monoisotopic (exact) mass is 385 g/mol. The lowest BCUT2D eigenvalue weighted by molar-refractivity contribution is -0.140. The van der Waals surface area contributed by atoms with Crippen molar-refractivity contribution in [1.82, 2.24) is 0 Å². The lowest BCUT2D eigenvalue weighted by Gasteiger charge is -2.17. The van der Waals surface area contributed by atoms with Crippen LogP contribution in [0.5, 0.6) is 0 Å². The van der Waals surface area contributed by atoms with Gasteiger partial charge in [-0.1, -0.05) is 12.1 Å². The molecule has 0 heterocycles. The number of hydrogen-bond donors (Lipinski definition) is 1. The number of carbonyl (C=O) groups excluding carboxylic acids is 1. The molecule has 0 saturated heterocycles. The van der Waals surface area contributed by atoms with Crippen LogP contribution in [0.25, 0.3) is 0 Å². The molecule has 0 aliphatic rings. The van der Waals surface area contributed by atoms with Crippen LogP contribution in [0.2, 0.25) is 0 Å². The maximum atomic E-state index is 12.4. The van der Waals surface area contributed by atoms with Crippen molar-refractivity contribution in [2.45, 2.75) is 23.6 Å². The molecule has 0 aliphatic heterocycles. The van der Waals surface area contributed by atoms with Crippen molar-refractivity contribution < 1.29 is 22.7 Å². The Morgan fingerprint density at radius 3 is 2.05 bits per heavy atom. The summed E-state index contributed by atoms with van der Waals surface area (Å²) in [5, 5.41) is 7.58. The Morgan fingerprint density at radius 1 is 1.21 bits per heavy atom. The third-order valence-corrected chi connectivity index (χ3v) is 2.26. The van der Waals surface area contributed by atoms with Gasteiger partial charge in [0.1, 0.15) is 5.71 Å². The van der Waals surface area contributed by atoms with E-state index in [0.717, 1.165) is 24.3 Å². The highest BCUT2D eigenvalue weighted by Gasteiger charge is 2.30. The summed E-state index contributed by atoms with van der Waals surface area (Å²) >= 11 is 1.87. The molecule has 104 valence electrons. The van der Waals surface area contributed by atoms with Gasteiger partial charge in [-0.2, -0.15) is 13.2 Å². The number of carbonyl (C=O) groups is 1. The van der Waals surface area contributed by atoms with Crippen molar-refractivity contribution >= 4 is 34.3 Å². The van der Waals surface area contributed by atoms with Crippen LogP contribution in [0.15, 0.2) is 24.3 Å². The second kappa shape index (κ2) is 5.48. The van der Waals surface area contributed by atoms with Crippen LogP contribution < -0.4 is 0 Å². The van der Waals surface area contributed by atoms with Gasteiger partial charge in [-0.3, -0.25) is 5.41 Å². The van der Waals surface area contributed by atoms with Crippen molar-refractivity contribution in [3.63, 3.8) is 0 Å². The number of halogens is 4. The molecule has 0 amide bonds. The maximum Gasteiger partial charge on any atom is 0.416 e. The molecule has 0 saturated carbocycles. The van der Waals surface area contributed by atoms with Crippen molar-refractivity contribution in [3.05, 3.63) is 35.4 Å². The molecule has 0 aromatic heterocycles. The van der Waals surface area contributed by atoms with E-state index in [1.165, 1.54) is 0 Å². The van der Waals surface area contributed by atoms with E-state index in [9.17, 15) is 18.0 Å². The topological polar surface area (TPSA) is 50.2 Å². The number of ether oxygens (including phenoxy) is 1. The number of benzene rings is 1. The molecule has 1 N–H and O–H groups in total. The summed E-state index contributed by atoms with van der Waals surface area (Å²) in [7, 11) is 0. The fourth-order valence-electron chi connectivity index (χ4n) is 1.22. The van der Waals surface area contributed by atoms with Crippen LogP contribution in [0.3, 0.4) is 0 Å². The molecule has 0 bridgehead atoms. The highest BCUT2D eigenvalue weighted by molar-refractivity contribution is 14.1. The fourth-order valence-corrected chi connectivity index (χ4v) is 1.42. The van der Waals surface area contributed by atoms with Crippen LogP contribution in [0, 0.1) is 5.41 Å². The summed E-state index contributed by atoms with van der Waals surface area (Å²) in [5.74, 6) is -0.876. The van der Waals surface area contributed by atoms with Gasteiger partial charge < -0.3 is 4.74 Å². The first-order valence-electron chi connectivity index (χ1n) is 5.19. The van der Waals surface area contributed by atoms with Gasteiger partial charge >= 0.3 is 12.1 Å². The van der Waals surface area contributed by atoms with Crippen LogP contribution in [0.1, 0.15) is 25.0 Å². The van der Waals surface area contributed by atoms with E-state index in [1.54, 1.807) is 13.8 Å². The van der Waals surface area contributed by atoms with Gasteiger partial charge in [0, 0.05) is 5.56 Å². The summed E-state index contributed by atoms with van der Waals surface area (Å²) in [6.07, 6.45) is -4.44. The highest BCUT2D eigenvalue weighted by atomic mass is 127. The van der Waals surface area contributed by atoms with Gasteiger partial charge in [-0.05, 0) is 48.6 Å². The SMILES string of the molecule is CC(C)(I)OC(=O)C(=N)c1ccc(C(F)(F)F)cc1. The van der Waals surface area contributed by atoms with E-state index < -0.39 is 27.0 Å². The summed E-state index contributed by atoms with van der Waals surface area (Å²) in [4.78, 5) is 11.6. The van der Waals surface area contributed by atoms with E-state index >= 15 is 0 Å². The third-order valence-electron chi connectivity index (χ3n) is 2.04. The van der Waals surface area contributed by atoms with Gasteiger partial charge in [-0.15, -0.1) is 0 Å². The van der Waals surface area contributed by atoms with Gasteiger partial charge in [0.05, 0.1) is 5.56 Å². The second-order valence-electron chi connectivity index (χ2n) is 4.20. The Morgan fingerprint density at radius 2 is 1.68 bits per heavy atom.